The van der Waals surface area contributed by atoms with Gasteiger partial charge in [-0.2, -0.15) is 0 Å². The number of fused-ring (bicyclic) bond motifs is 12. The Labute approximate surface area is 230 Å². The van der Waals surface area contributed by atoms with Gasteiger partial charge in [-0.3, -0.25) is 0 Å². The van der Waals surface area contributed by atoms with E-state index in [1.54, 1.807) is 0 Å². The molecule has 3 nitrogen and oxygen atoms in total. The number of para-hydroxylation sites is 2. The average molecular weight is 523 g/mol. The fourth-order valence-electron chi connectivity index (χ4n) is 6.71. The molecule has 0 saturated carbocycles. The Kier molecular flexibility index (Phi) is 4.05. The van der Waals surface area contributed by atoms with Gasteiger partial charge in [0.05, 0.1) is 27.8 Å². The van der Waals surface area contributed by atoms with Gasteiger partial charge in [0, 0.05) is 41.7 Å². The number of aromatic nitrogens is 1. The van der Waals surface area contributed by atoms with Crippen LogP contribution in [0.1, 0.15) is 27.7 Å². The van der Waals surface area contributed by atoms with Gasteiger partial charge in [0.25, 0.3) is 0 Å². The second-order valence-corrected chi connectivity index (χ2v) is 13.0. The molecule has 1 saturated heterocycles. The fraction of sp³-hybridized carbons (Fsp3) is 0.176. The summed E-state index contributed by atoms with van der Waals surface area (Å²) in [4.78, 5) is 0. The summed E-state index contributed by atoms with van der Waals surface area (Å²) in [5.41, 5.74) is 4.24. The van der Waals surface area contributed by atoms with E-state index in [-0.39, 0.29) is 18.3 Å². The van der Waals surface area contributed by atoms with E-state index >= 15 is 0 Å². The maximum absolute atomic E-state index is 6.37. The van der Waals surface area contributed by atoms with Crippen LogP contribution in [0.5, 0.6) is 0 Å². The maximum atomic E-state index is 6.37. The predicted octanol–water partition coefficient (Wildman–Crippen LogP) is 8.66. The van der Waals surface area contributed by atoms with Crippen LogP contribution in [0.4, 0.5) is 0 Å². The van der Waals surface area contributed by atoms with Crippen molar-refractivity contribution in [3.8, 4) is 0 Å². The van der Waals surface area contributed by atoms with E-state index in [1.807, 2.05) is 11.3 Å². The first-order chi connectivity index (χ1) is 18.8. The molecule has 1 fully saturated rings. The van der Waals surface area contributed by atoms with Gasteiger partial charge in [0.2, 0.25) is 0 Å². The summed E-state index contributed by atoms with van der Waals surface area (Å²) in [6.45, 7) is 8.43. The van der Waals surface area contributed by atoms with Gasteiger partial charge in [-0.25, -0.2) is 0 Å². The highest BCUT2D eigenvalue weighted by Crippen LogP contribution is 2.45. The van der Waals surface area contributed by atoms with Gasteiger partial charge >= 0.3 is 7.12 Å². The molecule has 8 aromatic rings. The number of hydrogen-bond acceptors (Lipinski definition) is 3. The zero-order valence-electron chi connectivity index (χ0n) is 22.3. The molecule has 0 bridgehead atoms. The Balaban J connectivity index is 1.31. The molecule has 0 atom stereocenters. The zero-order chi connectivity index (χ0) is 26.3. The van der Waals surface area contributed by atoms with Gasteiger partial charge < -0.3 is 13.7 Å². The van der Waals surface area contributed by atoms with Crippen LogP contribution in [0.2, 0.25) is 0 Å². The van der Waals surface area contributed by atoms with E-state index in [2.05, 4.69) is 117 Å². The Morgan fingerprint density at radius 3 is 2.15 bits per heavy atom. The van der Waals surface area contributed by atoms with Crippen LogP contribution in [0.25, 0.3) is 69.0 Å². The second kappa shape index (κ2) is 7.11. The topological polar surface area (TPSA) is 22.9 Å². The van der Waals surface area contributed by atoms with Crippen LogP contribution in [-0.4, -0.2) is 22.7 Å². The fourth-order valence-corrected chi connectivity index (χ4v) is 7.92. The zero-order valence-corrected chi connectivity index (χ0v) is 23.1. The molecule has 1 aliphatic rings. The molecule has 39 heavy (non-hydrogen) atoms. The summed E-state index contributed by atoms with van der Waals surface area (Å²) >= 11 is 1.88. The molecule has 1 aliphatic heterocycles. The van der Waals surface area contributed by atoms with Crippen molar-refractivity contribution >= 4 is 93.0 Å². The van der Waals surface area contributed by atoms with Gasteiger partial charge in [-0.05, 0) is 62.1 Å². The normalized spacial score (nSPS) is 17.4. The van der Waals surface area contributed by atoms with E-state index in [4.69, 9.17) is 9.31 Å². The lowest BCUT2D eigenvalue weighted by Gasteiger charge is -2.32. The summed E-state index contributed by atoms with van der Waals surface area (Å²) in [6.07, 6.45) is 0. The third kappa shape index (κ3) is 2.70. The third-order valence-electron chi connectivity index (χ3n) is 9.37. The SMILES string of the molecule is CC1(C)OB(c2ccc3sc4c(ccc5c4ccc4c5c5cccc6c7ccccc7n4c65)c3c2)OC1(C)C. The predicted molar refractivity (Wildman–Crippen MR) is 167 cm³/mol. The lowest BCUT2D eigenvalue weighted by atomic mass is 9.78. The monoisotopic (exact) mass is 523 g/mol. The van der Waals surface area contributed by atoms with Crippen LogP contribution in [0.3, 0.4) is 0 Å². The molecule has 0 unspecified atom stereocenters. The van der Waals surface area contributed by atoms with Crippen LogP contribution < -0.4 is 5.46 Å². The minimum atomic E-state index is -0.358. The summed E-state index contributed by atoms with van der Waals surface area (Å²) in [6, 6.07) is 31.5. The van der Waals surface area contributed by atoms with Gasteiger partial charge in [-0.1, -0.05) is 66.7 Å². The average Bonchev–Trinajstić information content (AvgIpc) is 3.63. The van der Waals surface area contributed by atoms with Crippen molar-refractivity contribution in [1.82, 2.24) is 4.40 Å². The third-order valence-corrected chi connectivity index (χ3v) is 10.6. The molecule has 5 aromatic carbocycles. The Bertz CT molecular complexity index is 2290. The van der Waals surface area contributed by atoms with Crippen molar-refractivity contribution in [2.75, 3.05) is 0 Å². The highest BCUT2D eigenvalue weighted by molar-refractivity contribution is 7.26. The molecule has 188 valence electrons. The minimum Gasteiger partial charge on any atom is -0.399 e. The van der Waals surface area contributed by atoms with Gasteiger partial charge in [-0.15, -0.1) is 11.3 Å². The number of rotatable bonds is 1. The summed E-state index contributed by atoms with van der Waals surface area (Å²) in [5, 5.41) is 10.5. The first-order valence-corrected chi connectivity index (χ1v) is 14.4. The molecule has 9 rings (SSSR count). The number of hydrogen-bond donors (Lipinski definition) is 0. The number of benzene rings is 5. The van der Waals surface area contributed by atoms with E-state index in [1.165, 1.54) is 69.0 Å². The summed E-state index contributed by atoms with van der Waals surface area (Å²) in [7, 11) is -0.358. The Morgan fingerprint density at radius 2 is 1.31 bits per heavy atom. The largest absolute Gasteiger partial charge is 0.494 e. The van der Waals surface area contributed by atoms with Crippen molar-refractivity contribution in [3.63, 3.8) is 0 Å². The molecule has 3 aromatic heterocycles. The van der Waals surface area contributed by atoms with Crippen molar-refractivity contribution in [2.24, 2.45) is 0 Å². The van der Waals surface area contributed by atoms with Crippen molar-refractivity contribution in [1.29, 1.82) is 0 Å². The van der Waals surface area contributed by atoms with E-state index < -0.39 is 0 Å². The lowest BCUT2D eigenvalue weighted by molar-refractivity contribution is 0.00578. The van der Waals surface area contributed by atoms with Crippen molar-refractivity contribution < 1.29 is 9.31 Å². The molecular weight excluding hydrogens is 497 g/mol. The smallest absolute Gasteiger partial charge is 0.399 e. The Morgan fingerprint density at radius 1 is 0.615 bits per heavy atom. The minimum absolute atomic E-state index is 0.354. The molecule has 4 heterocycles. The van der Waals surface area contributed by atoms with E-state index in [0.717, 1.165) is 5.46 Å². The molecule has 0 spiro atoms. The van der Waals surface area contributed by atoms with E-state index in [9.17, 15) is 0 Å². The van der Waals surface area contributed by atoms with E-state index in [0.29, 0.717) is 0 Å². The Hall–Kier alpha value is -3.64. The van der Waals surface area contributed by atoms with Crippen molar-refractivity contribution in [3.05, 3.63) is 84.9 Å². The standard InChI is InChI=1S/C34H26BNO2S/c1-33(2)34(3,4)38-35(37-33)19-12-17-29-26(18-19)24-14-13-21-23(32(24)39-29)15-16-28-30(21)25-10-7-9-22-20-8-5-6-11-27(20)36(28)31(22)25/h5-18H,1-4H3. The molecule has 0 aliphatic carbocycles. The lowest BCUT2D eigenvalue weighted by Crippen LogP contribution is -2.41. The van der Waals surface area contributed by atoms with Gasteiger partial charge in [0.1, 0.15) is 0 Å². The highest BCUT2D eigenvalue weighted by Gasteiger charge is 2.51. The molecular formula is C34H26BNO2S. The van der Waals surface area contributed by atoms with Crippen LogP contribution in [0, 0.1) is 0 Å². The molecule has 5 heteroatoms. The molecule has 0 radical (unpaired) electrons. The quantitative estimate of drug-likeness (QED) is 0.201. The van der Waals surface area contributed by atoms with Crippen LogP contribution >= 0.6 is 11.3 Å². The van der Waals surface area contributed by atoms with Crippen molar-refractivity contribution in [2.45, 2.75) is 38.9 Å². The number of thiophene rings is 1. The first-order valence-electron chi connectivity index (χ1n) is 13.6. The first kappa shape index (κ1) is 22.2. The summed E-state index contributed by atoms with van der Waals surface area (Å²) in [5.74, 6) is 0. The van der Waals surface area contributed by atoms with Crippen LogP contribution in [0.15, 0.2) is 84.9 Å². The molecule has 0 amide bonds. The molecule has 0 N–H and O–H groups in total. The maximum Gasteiger partial charge on any atom is 0.494 e. The van der Waals surface area contributed by atoms with Gasteiger partial charge in [0.15, 0.2) is 0 Å². The van der Waals surface area contributed by atoms with Crippen LogP contribution in [-0.2, 0) is 9.31 Å². The number of nitrogens with zero attached hydrogens (tertiary/aromatic N) is 1. The highest BCUT2D eigenvalue weighted by atomic mass is 32.1. The second-order valence-electron chi connectivity index (χ2n) is 12.0. The summed E-state index contributed by atoms with van der Waals surface area (Å²) < 4.78 is 17.8.